The summed E-state index contributed by atoms with van der Waals surface area (Å²) in [5.41, 5.74) is 0.934. The smallest absolute Gasteiger partial charge is 0.234 e. The van der Waals surface area contributed by atoms with E-state index < -0.39 is 0 Å². The maximum atomic E-state index is 11.5. The Morgan fingerprint density at radius 3 is 3.10 bits per heavy atom. The molecule has 0 radical (unpaired) electrons. The van der Waals surface area contributed by atoms with Gasteiger partial charge in [0.15, 0.2) is 11.5 Å². The maximum absolute atomic E-state index is 11.5. The van der Waals surface area contributed by atoms with Gasteiger partial charge in [0.2, 0.25) is 12.7 Å². The number of benzene rings is 1. The Morgan fingerprint density at radius 2 is 2.30 bits per heavy atom. The van der Waals surface area contributed by atoms with Crippen molar-refractivity contribution in [3.63, 3.8) is 0 Å². The first-order valence-electron chi connectivity index (χ1n) is 6.25. The van der Waals surface area contributed by atoms with E-state index in [1.807, 2.05) is 6.07 Å². The van der Waals surface area contributed by atoms with Gasteiger partial charge < -0.3 is 24.8 Å². The molecule has 0 aromatic heterocycles. The second-order valence-corrected chi connectivity index (χ2v) is 4.66. The Bertz CT molecular complexity index is 482. The van der Waals surface area contributed by atoms with Gasteiger partial charge in [-0.25, -0.2) is 0 Å². The average molecular weight is 301 g/mol. The molecule has 1 heterocycles. The number of fused-ring (bicyclic) bond motifs is 1. The van der Waals surface area contributed by atoms with Crippen LogP contribution in [0.2, 0.25) is 5.02 Å². The number of halogens is 1. The van der Waals surface area contributed by atoms with Gasteiger partial charge in [-0.15, -0.1) is 0 Å². The normalized spacial score (nSPS) is 12.5. The highest BCUT2D eigenvalue weighted by Crippen LogP contribution is 2.39. The minimum Gasteiger partial charge on any atom is -0.454 e. The third-order valence-corrected chi connectivity index (χ3v) is 3.01. The van der Waals surface area contributed by atoms with Crippen LogP contribution in [0.1, 0.15) is 5.56 Å². The van der Waals surface area contributed by atoms with E-state index in [1.165, 1.54) is 0 Å². The molecule has 0 bridgehead atoms. The van der Waals surface area contributed by atoms with Crippen LogP contribution < -0.4 is 20.1 Å². The van der Waals surface area contributed by atoms with E-state index in [0.29, 0.717) is 36.2 Å². The lowest BCUT2D eigenvalue weighted by Gasteiger charge is -2.08. The van der Waals surface area contributed by atoms with Gasteiger partial charge in [0.05, 0.1) is 18.2 Å². The van der Waals surface area contributed by atoms with Crippen molar-refractivity contribution in [1.29, 1.82) is 0 Å². The second kappa shape index (κ2) is 7.33. The summed E-state index contributed by atoms with van der Waals surface area (Å²) in [6, 6.07) is 3.65. The van der Waals surface area contributed by atoms with Crippen molar-refractivity contribution in [2.75, 3.05) is 33.6 Å². The predicted molar refractivity (Wildman–Crippen MR) is 74.2 cm³/mol. The van der Waals surface area contributed by atoms with Crippen molar-refractivity contribution in [3.05, 3.63) is 22.7 Å². The lowest BCUT2D eigenvalue weighted by molar-refractivity contribution is -0.120. The molecular weight excluding hydrogens is 284 g/mol. The molecule has 1 aromatic rings. The Labute approximate surface area is 122 Å². The van der Waals surface area contributed by atoms with Crippen molar-refractivity contribution in [1.82, 2.24) is 10.6 Å². The maximum Gasteiger partial charge on any atom is 0.234 e. The Hall–Kier alpha value is -1.50. The van der Waals surface area contributed by atoms with Gasteiger partial charge in [-0.3, -0.25) is 4.79 Å². The zero-order chi connectivity index (χ0) is 14.4. The number of hydrogen-bond donors (Lipinski definition) is 2. The fraction of sp³-hybridized carbons (Fsp3) is 0.462. The van der Waals surface area contributed by atoms with E-state index in [9.17, 15) is 4.79 Å². The zero-order valence-corrected chi connectivity index (χ0v) is 12.0. The highest BCUT2D eigenvalue weighted by atomic mass is 35.5. The van der Waals surface area contributed by atoms with Crippen LogP contribution in [-0.4, -0.2) is 39.5 Å². The number of hydrogen-bond acceptors (Lipinski definition) is 5. The lowest BCUT2D eigenvalue weighted by atomic mass is 10.2. The summed E-state index contributed by atoms with van der Waals surface area (Å²) in [5.74, 6) is 1.14. The summed E-state index contributed by atoms with van der Waals surface area (Å²) in [5, 5.41) is 6.28. The topological polar surface area (TPSA) is 68.8 Å². The van der Waals surface area contributed by atoms with Crippen molar-refractivity contribution in [2.45, 2.75) is 6.54 Å². The molecule has 110 valence electrons. The standard InChI is InChI=1S/C13H17ClN2O4/c1-18-3-2-16-12(17)7-15-6-9-4-10(14)13-11(5-9)19-8-20-13/h4-5,15H,2-3,6-8H2,1H3,(H,16,17). The molecule has 1 amide bonds. The molecule has 20 heavy (non-hydrogen) atoms. The monoisotopic (exact) mass is 300 g/mol. The number of carbonyl (C=O) groups is 1. The summed E-state index contributed by atoms with van der Waals surface area (Å²) in [4.78, 5) is 11.5. The van der Waals surface area contributed by atoms with Crippen LogP contribution in [0, 0.1) is 0 Å². The largest absolute Gasteiger partial charge is 0.454 e. The van der Waals surface area contributed by atoms with Gasteiger partial charge >= 0.3 is 0 Å². The quantitative estimate of drug-likeness (QED) is 0.733. The third-order valence-electron chi connectivity index (χ3n) is 2.73. The van der Waals surface area contributed by atoms with E-state index in [2.05, 4.69) is 10.6 Å². The van der Waals surface area contributed by atoms with E-state index in [4.69, 9.17) is 25.8 Å². The molecule has 6 nitrogen and oxygen atoms in total. The predicted octanol–water partition coefficient (Wildman–Crippen LogP) is 0.921. The lowest BCUT2D eigenvalue weighted by Crippen LogP contribution is -2.35. The van der Waals surface area contributed by atoms with Crippen molar-refractivity contribution >= 4 is 17.5 Å². The zero-order valence-electron chi connectivity index (χ0n) is 11.2. The SMILES string of the molecule is COCCNC(=O)CNCc1cc(Cl)c2c(c1)OCO2. The molecular formula is C13H17ClN2O4. The van der Waals surface area contributed by atoms with Crippen molar-refractivity contribution in [2.24, 2.45) is 0 Å². The highest BCUT2D eigenvalue weighted by molar-refractivity contribution is 6.32. The van der Waals surface area contributed by atoms with Gasteiger partial charge in [-0.2, -0.15) is 0 Å². The first-order chi connectivity index (χ1) is 9.70. The summed E-state index contributed by atoms with van der Waals surface area (Å²) >= 11 is 6.07. The minimum absolute atomic E-state index is 0.0751. The molecule has 2 N–H and O–H groups in total. The van der Waals surface area contributed by atoms with Crippen LogP contribution in [0.15, 0.2) is 12.1 Å². The number of amides is 1. The van der Waals surface area contributed by atoms with Gasteiger partial charge in [0.25, 0.3) is 0 Å². The molecule has 0 aliphatic carbocycles. The van der Waals surface area contributed by atoms with Crippen LogP contribution in [0.5, 0.6) is 11.5 Å². The van der Waals surface area contributed by atoms with Crippen molar-refractivity contribution < 1.29 is 19.0 Å². The molecule has 0 unspecified atom stereocenters. The van der Waals surface area contributed by atoms with E-state index >= 15 is 0 Å². The first-order valence-corrected chi connectivity index (χ1v) is 6.63. The summed E-state index contributed by atoms with van der Waals surface area (Å²) in [7, 11) is 1.59. The minimum atomic E-state index is -0.0751. The second-order valence-electron chi connectivity index (χ2n) is 4.26. The van der Waals surface area contributed by atoms with Gasteiger partial charge in [0.1, 0.15) is 0 Å². The Morgan fingerprint density at radius 1 is 1.45 bits per heavy atom. The van der Waals surface area contributed by atoms with E-state index in [1.54, 1.807) is 13.2 Å². The molecule has 7 heteroatoms. The molecule has 1 aliphatic rings. The molecule has 0 spiro atoms. The fourth-order valence-electron chi connectivity index (χ4n) is 1.80. The third kappa shape index (κ3) is 4.00. The first kappa shape index (κ1) is 14.9. The molecule has 1 aromatic carbocycles. The molecule has 2 rings (SSSR count). The number of nitrogens with one attached hydrogen (secondary N) is 2. The molecule has 1 aliphatic heterocycles. The Kier molecular flexibility index (Phi) is 5.46. The average Bonchev–Trinajstić information content (AvgIpc) is 2.88. The molecule has 0 atom stereocenters. The highest BCUT2D eigenvalue weighted by Gasteiger charge is 2.18. The van der Waals surface area contributed by atoms with Crippen LogP contribution in [0.25, 0.3) is 0 Å². The summed E-state index contributed by atoms with van der Waals surface area (Å²) in [6.45, 7) is 1.95. The van der Waals surface area contributed by atoms with Crippen LogP contribution >= 0.6 is 11.6 Å². The van der Waals surface area contributed by atoms with E-state index in [-0.39, 0.29) is 19.2 Å². The molecule has 0 saturated carbocycles. The number of ether oxygens (including phenoxy) is 3. The molecule has 0 fully saturated rings. The number of methoxy groups -OCH3 is 1. The van der Waals surface area contributed by atoms with Gasteiger partial charge in [-0.1, -0.05) is 11.6 Å². The fourth-order valence-corrected chi connectivity index (χ4v) is 2.09. The van der Waals surface area contributed by atoms with Crippen LogP contribution in [0.3, 0.4) is 0 Å². The Balaban J connectivity index is 1.77. The number of rotatable bonds is 7. The van der Waals surface area contributed by atoms with Crippen LogP contribution in [-0.2, 0) is 16.1 Å². The van der Waals surface area contributed by atoms with Crippen LogP contribution in [0.4, 0.5) is 0 Å². The molecule has 0 saturated heterocycles. The van der Waals surface area contributed by atoms with Gasteiger partial charge in [-0.05, 0) is 17.7 Å². The summed E-state index contributed by atoms with van der Waals surface area (Å²) < 4.78 is 15.4. The van der Waals surface area contributed by atoms with Crippen molar-refractivity contribution in [3.8, 4) is 11.5 Å². The van der Waals surface area contributed by atoms with E-state index in [0.717, 1.165) is 5.56 Å². The summed E-state index contributed by atoms with van der Waals surface area (Å²) in [6.07, 6.45) is 0. The van der Waals surface area contributed by atoms with Gasteiger partial charge in [0, 0.05) is 20.2 Å². The number of carbonyl (C=O) groups excluding carboxylic acids is 1.